The molecule has 7 heteroatoms. The molecule has 1 saturated heterocycles. The Morgan fingerprint density at radius 1 is 1.36 bits per heavy atom. The van der Waals surface area contributed by atoms with Gasteiger partial charge in [0, 0.05) is 30.9 Å². The average molecular weight is 338 g/mol. The Morgan fingerprint density at radius 2 is 2.16 bits per heavy atom. The van der Waals surface area contributed by atoms with Crippen LogP contribution >= 0.6 is 0 Å². The molecule has 2 heterocycles. The number of aromatic nitrogens is 2. The highest BCUT2D eigenvalue weighted by atomic mass is 16.5. The van der Waals surface area contributed by atoms with E-state index in [1.807, 2.05) is 30.3 Å². The molecule has 1 unspecified atom stereocenters. The predicted molar refractivity (Wildman–Crippen MR) is 89.1 cm³/mol. The largest absolute Gasteiger partial charge is 0.496 e. The molecule has 1 fully saturated rings. The van der Waals surface area contributed by atoms with Gasteiger partial charge >= 0.3 is 0 Å². The van der Waals surface area contributed by atoms with E-state index in [0.717, 1.165) is 5.56 Å². The summed E-state index contributed by atoms with van der Waals surface area (Å²) in [5.74, 6) is 0.949. The zero-order valence-corrected chi connectivity index (χ0v) is 13.9. The molecule has 128 valence electrons. The standard InChI is InChI=1S/C18H18N4O3/c1-24-16-5-3-2-4-13(16)10-17(23)22-9-6-14(12-22)25-18-15(11-19)20-7-8-21-18/h2-5,7-8,14H,6,9-10,12H2,1H3. The van der Waals surface area contributed by atoms with Gasteiger partial charge in [-0.3, -0.25) is 4.79 Å². The van der Waals surface area contributed by atoms with Crippen molar-refractivity contribution in [2.75, 3.05) is 20.2 Å². The van der Waals surface area contributed by atoms with E-state index in [9.17, 15) is 4.79 Å². The Kier molecular flexibility index (Phi) is 5.09. The fourth-order valence-corrected chi connectivity index (χ4v) is 2.82. The predicted octanol–water partition coefficient (Wildman–Crippen LogP) is 1.58. The van der Waals surface area contributed by atoms with E-state index in [-0.39, 0.29) is 30.0 Å². The van der Waals surface area contributed by atoms with Crippen molar-refractivity contribution >= 4 is 5.91 Å². The number of amides is 1. The van der Waals surface area contributed by atoms with Crippen LogP contribution in [0.3, 0.4) is 0 Å². The first kappa shape index (κ1) is 16.7. The number of hydrogen-bond acceptors (Lipinski definition) is 6. The third-order valence-corrected chi connectivity index (χ3v) is 4.08. The van der Waals surface area contributed by atoms with Crippen molar-refractivity contribution in [3.63, 3.8) is 0 Å². The molecular formula is C18H18N4O3. The number of benzene rings is 1. The normalized spacial score (nSPS) is 16.3. The van der Waals surface area contributed by atoms with Gasteiger partial charge < -0.3 is 14.4 Å². The molecule has 1 aliphatic heterocycles. The lowest BCUT2D eigenvalue weighted by molar-refractivity contribution is -0.129. The maximum absolute atomic E-state index is 12.5. The summed E-state index contributed by atoms with van der Waals surface area (Å²) in [7, 11) is 1.59. The zero-order chi connectivity index (χ0) is 17.6. The minimum atomic E-state index is -0.189. The average Bonchev–Trinajstić information content (AvgIpc) is 3.11. The summed E-state index contributed by atoms with van der Waals surface area (Å²) in [5.41, 5.74) is 1.02. The molecule has 2 aromatic rings. The van der Waals surface area contributed by atoms with Crippen LogP contribution in [0.4, 0.5) is 0 Å². The van der Waals surface area contributed by atoms with Crippen molar-refractivity contribution in [1.82, 2.24) is 14.9 Å². The molecule has 0 N–H and O–H groups in total. The van der Waals surface area contributed by atoms with Crippen LogP contribution in [-0.4, -0.2) is 47.1 Å². The van der Waals surface area contributed by atoms with E-state index in [2.05, 4.69) is 9.97 Å². The van der Waals surface area contributed by atoms with Crippen LogP contribution in [0.1, 0.15) is 17.7 Å². The molecule has 0 bridgehead atoms. The second kappa shape index (κ2) is 7.62. The maximum atomic E-state index is 12.5. The number of ether oxygens (including phenoxy) is 2. The molecule has 7 nitrogen and oxygen atoms in total. The third kappa shape index (κ3) is 3.86. The highest BCUT2D eigenvalue weighted by molar-refractivity contribution is 5.79. The second-order valence-corrected chi connectivity index (χ2v) is 5.68. The van der Waals surface area contributed by atoms with E-state index in [4.69, 9.17) is 14.7 Å². The summed E-state index contributed by atoms with van der Waals surface area (Å²) in [6.07, 6.45) is 3.72. The van der Waals surface area contributed by atoms with Crippen LogP contribution in [-0.2, 0) is 11.2 Å². The molecule has 3 rings (SSSR count). The summed E-state index contributed by atoms with van der Waals surface area (Å²) < 4.78 is 11.1. The minimum absolute atomic E-state index is 0.0234. The maximum Gasteiger partial charge on any atom is 0.251 e. The fourth-order valence-electron chi connectivity index (χ4n) is 2.82. The Morgan fingerprint density at radius 3 is 2.96 bits per heavy atom. The van der Waals surface area contributed by atoms with Crippen LogP contribution in [0.25, 0.3) is 0 Å². The summed E-state index contributed by atoms with van der Waals surface area (Å²) in [4.78, 5) is 22.3. The van der Waals surface area contributed by atoms with Gasteiger partial charge in [-0.05, 0) is 6.07 Å². The third-order valence-electron chi connectivity index (χ3n) is 4.08. The van der Waals surface area contributed by atoms with Crippen molar-refractivity contribution in [3.05, 3.63) is 47.9 Å². The van der Waals surface area contributed by atoms with Gasteiger partial charge in [0.05, 0.1) is 20.1 Å². The quantitative estimate of drug-likeness (QED) is 0.822. The Bertz CT molecular complexity index is 803. The number of likely N-dealkylation sites (tertiary alicyclic amines) is 1. The second-order valence-electron chi connectivity index (χ2n) is 5.68. The lowest BCUT2D eigenvalue weighted by Crippen LogP contribution is -2.32. The number of nitrogens with zero attached hydrogens (tertiary/aromatic N) is 4. The number of hydrogen-bond donors (Lipinski definition) is 0. The lowest BCUT2D eigenvalue weighted by Gasteiger charge is -2.18. The molecule has 1 atom stereocenters. The molecule has 0 saturated carbocycles. The fraction of sp³-hybridized carbons (Fsp3) is 0.333. The van der Waals surface area contributed by atoms with E-state index in [1.165, 1.54) is 12.4 Å². The van der Waals surface area contributed by atoms with Gasteiger partial charge in [0.25, 0.3) is 5.88 Å². The van der Waals surface area contributed by atoms with Crippen molar-refractivity contribution < 1.29 is 14.3 Å². The molecule has 0 spiro atoms. The number of rotatable bonds is 5. The molecule has 25 heavy (non-hydrogen) atoms. The topological polar surface area (TPSA) is 88.3 Å². The molecule has 0 radical (unpaired) electrons. The van der Waals surface area contributed by atoms with Gasteiger partial charge in [0.2, 0.25) is 11.6 Å². The van der Waals surface area contributed by atoms with Crippen molar-refractivity contribution in [1.29, 1.82) is 5.26 Å². The minimum Gasteiger partial charge on any atom is -0.496 e. The van der Waals surface area contributed by atoms with Crippen LogP contribution in [0, 0.1) is 11.3 Å². The highest BCUT2D eigenvalue weighted by Gasteiger charge is 2.29. The van der Waals surface area contributed by atoms with Crippen LogP contribution in [0.2, 0.25) is 0 Å². The van der Waals surface area contributed by atoms with E-state index < -0.39 is 0 Å². The summed E-state index contributed by atoms with van der Waals surface area (Å²) in [6, 6.07) is 9.45. The Balaban J connectivity index is 1.61. The summed E-state index contributed by atoms with van der Waals surface area (Å²) in [6.45, 7) is 1.08. The van der Waals surface area contributed by atoms with Gasteiger partial charge in [-0.15, -0.1) is 0 Å². The van der Waals surface area contributed by atoms with Crippen molar-refractivity contribution in [3.8, 4) is 17.7 Å². The lowest BCUT2D eigenvalue weighted by atomic mass is 10.1. The molecule has 1 amide bonds. The van der Waals surface area contributed by atoms with Crippen LogP contribution in [0.5, 0.6) is 11.6 Å². The number of carbonyl (C=O) groups excluding carboxylic acids is 1. The van der Waals surface area contributed by atoms with E-state index in [1.54, 1.807) is 12.0 Å². The summed E-state index contributed by atoms with van der Waals surface area (Å²) in [5, 5.41) is 9.04. The molecule has 1 aromatic carbocycles. The summed E-state index contributed by atoms with van der Waals surface area (Å²) >= 11 is 0. The first-order chi connectivity index (χ1) is 12.2. The van der Waals surface area contributed by atoms with Gasteiger partial charge in [0.1, 0.15) is 17.9 Å². The van der Waals surface area contributed by atoms with Gasteiger partial charge in [-0.2, -0.15) is 5.26 Å². The zero-order valence-electron chi connectivity index (χ0n) is 13.9. The number of nitriles is 1. The van der Waals surface area contributed by atoms with Crippen molar-refractivity contribution in [2.45, 2.75) is 18.9 Å². The monoisotopic (exact) mass is 338 g/mol. The van der Waals surface area contributed by atoms with Crippen LogP contribution < -0.4 is 9.47 Å². The van der Waals surface area contributed by atoms with Crippen molar-refractivity contribution in [2.24, 2.45) is 0 Å². The van der Waals surface area contributed by atoms with Gasteiger partial charge in [0.15, 0.2) is 0 Å². The van der Waals surface area contributed by atoms with Gasteiger partial charge in [-0.25, -0.2) is 9.97 Å². The Hall–Kier alpha value is -3.14. The molecule has 1 aliphatic rings. The first-order valence-electron chi connectivity index (χ1n) is 7.98. The van der Waals surface area contributed by atoms with E-state index in [0.29, 0.717) is 25.3 Å². The molecule has 0 aliphatic carbocycles. The number of carbonyl (C=O) groups is 1. The van der Waals surface area contributed by atoms with Crippen LogP contribution in [0.15, 0.2) is 36.7 Å². The Labute approximate surface area is 145 Å². The molecule has 1 aromatic heterocycles. The number of para-hydroxylation sites is 1. The first-order valence-corrected chi connectivity index (χ1v) is 7.98. The SMILES string of the molecule is COc1ccccc1CC(=O)N1CCC(Oc2nccnc2C#N)C1. The highest BCUT2D eigenvalue weighted by Crippen LogP contribution is 2.22. The van der Waals surface area contributed by atoms with E-state index >= 15 is 0 Å². The smallest absolute Gasteiger partial charge is 0.251 e. The number of methoxy groups -OCH3 is 1. The van der Waals surface area contributed by atoms with Gasteiger partial charge in [-0.1, -0.05) is 18.2 Å². The molecular weight excluding hydrogens is 320 g/mol.